The van der Waals surface area contributed by atoms with E-state index in [0.717, 1.165) is 17.8 Å². The van der Waals surface area contributed by atoms with Gasteiger partial charge in [0.25, 0.3) is 0 Å². The van der Waals surface area contributed by atoms with Gasteiger partial charge in [-0.3, -0.25) is 0 Å². The molecule has 1 heterocycles. The lowest BCUT2D eigenvalue weighted by Gasteiger charge is -2.21. The van der Waals surface area contributed by atoms with Gasteiger partial charge in [-0.1, -0.05) is 17.2 Å². The Kier molecular flexibility index (Phi) is 3.60. The van der Waals surface area contributed by atoms with E-state index in [1.54, 1.807) is 6.92 Å². The second-order valence-electron chi connectivity index (χ2n) is 3.75. The number of rotatable bonds is 5. The Bertz CT molecular complexity index is 283. The molecule has 0 aliphatic rings. The second kappa shape index (κ2) is 4.52. The summed E-state index contributed by atoms with van der Waals surface area (Å²) in [6, 6.07) is 0. The average Bonchev–Trinajstić information content (AvgIpc) is 2.52. The third-order valence-electron chi connectivity index (χ3n) is 2.31. The topological polar surface area (TPSA) is 71.2 Å². The molecule has 5 nitrogen and oxygen atoms in total. The van der Waals surface area contributed by atoms with Gasteiger partial charge in [-0.2, -0.15) is 0 Å². The van der Waals surface area contributed by atoms with Crippen LogP contribution in [0.15, 0.2) is 4.63 Å². The maximum atomic E-state index is 9.70. The summed E-state index contributed by atoms with van der Waals surface area (Å²) in [6.07, 6.45) is 0.718. The van der Waals surface area contributed by atoms with Gasteiger partial charge in [-0.05, 0) is 20.3 Å². The van der Waals surface area contributed by atoms with Gasteiger partial charge in [0.2, 0.25) is 0 Å². The number of nitrogens with zero attached hydrogens (tertiary/aromatic N) is 2. The Morgan fingerprint density at radius 3 is 2.71 bits per heavy atom. The zero-order chi connectivity index (χ0) is 10.6. The van der Waals surface area contributed by atoms with Crippen molar-refractivity contribution < 1.29 is 9.74 Å². The van der Waals surface area contributed by atoms with Crippen LogP contribution in [0.25, 0.3) is 0 Å². The van der Waals surface area contributed by atoms with Crippen molar-refractivity contribution >= 4 is 0 Å². The Balaban J connectivity index is 2.32. The quantitative estimate of drug-likeness (QED) is 0.727. The molecule has 0 amide bonds. The van der Waals surface area contributed by atoms with E-state index >= 15 is 0 Å². The van der Waals surface area contributed by atoms with Gasteiger partial charge in [0.1, 0.15) is 11.4 Å². The molecule has 0 fully saturated rings. The molecule has 0 aromatic carbocycles. The minimum absolute atomic E-state index is 0.538. The Morgan fingerprint density at radius 2 is 2.21 bits per heavy atom. The lowest BCUT2D eigenvalue weighted by molar-refractivity contribution is 0.0554. The third kappa shape index (κ3) is 3.08. The van der Waals surface area contributed by atoms with Crippen molar-refractivity contribution in [2.45, 2.75) is 39.3 Å². The Labute approximate surface area is 83.5 Å². The lowest BCUT2D eigenvalue weighted by atomic mass is 10.0. The average molecular weight is 199 g/mol. The van der Waals surface area contributed by atoms with Crippen molar-refractivity contribution in [2.24, 2.45) is 0 Å². The summed E-state index contributed by atoms with van der Waals surface area (Å²) in [4.78, 5) is 0. The predicted octanol–water partition coefficient (Wildman–Crippen LogP) is 0.629. The summed E-state index contributed by atoms with van der Waals surface area (Å²) >= 11 is 0. The molecule has 2 N–H and O–H groups in total. The van der Waals surface area contributed by atoms with Crippen LogP contribution in [-0.2, 0) is 6.54 Å². The molecule has 0 saturated carbocycles. The molecular weight excluding hydrogens is 182 g/mol. The molecule has 80 valence electrons. The van der Waals surface area contributed by atoms with Crippen LogP contribution >= 0.6 is 0 Å². The molecule has 14 heavy (non-hydrogen) atoms. The van der Waals surface area contributed by atoms with E-state index in [4.69, 9.17) is 0 Å². The van der Waals surface area contributed by atoms with Crippen LogP contribution < -0.4 is 5.32 Å². The Morgan fingerprint density at radius 1 is 1.50 bits per heavy atom. The van der Waals surface area contributed by atoms with Gasteiger partial charge in [0, 0.05) is 13.1 Å². The molecule has 1 aromatic heterocycles. The minimum atomic E-state index is -0.662. The highest BCUT2D eigenvalue weighted by Crippen LogP contribution is 2.07. The van der Waals surface area contributed by atoms with E-state index < -0.39 is 5.60 Å². The third-order valence-corrected chi connectivity index (χ3v) is 2.31. The van der Waals surface area contributed by atoms with Crippen molar-refractivity contribution in [2.75, 3.05) is 6.54 Å². The zero-order valence-electron chi connectivity index (χ0n) is 8.87. The lowest BCUT2D eigenvalue weighted by Crippen LogP contribution is -2.36. The normalized spacial score (nSPS) is 15.4. The maximum Gasteiger partial charge on any atom is 0.121 e. The number of aryl methyl sites for hydroxylation is 1. The van der Waals surface area contributed by atoms with E-state index in [-0.39, 0.29) is 0 Å². The molecule has 5 heteroatoms. The minimum Gasteiger partial charge on any atom is -0.389 e. The summed E-state index contributed by atoms with van der Waals surface area (Å²) in [5, 5.41) is 20.2. The van der Waals surface area contributed by atoms with Gasteiger partial charge in [-0.25, -0.2) is 4.63 Å². The highest BCUT2D eigenvalue weighted by atomic mass is 16.6. The van der Waals surface area contributed by atoms with Gasteiger partial charge < -0.3 is 10.4 Å². The van der Waals surface area contributed by atoms with Crippen LogP contribution in [-0.4, -0.2) is 27.6 Å². The van der Waals surface area contributed by atoms with Crippen LogP contribution in [0, 0.1) is 6.92 Å². The van der Waals surface area contributed by atoms with Crippen LogP contribution in [0.4, 0.5) is 0 Å². The van der Waals surface area contributed by atoms with E-state index in [1.165, 1.54) is 0 Å². The number of nitrogens with one attached hydrogen (secondary N) is 1. The number of hydrogen-bond donors (Lipinski definition) is 2. The largest absolute Gasteiger partial charge is 0.389 e. The number of aliphatic hydroxyl groups is 1. The Hall–Kier alpha value is -0.940. The van der Waals surface area contributed by atoms with Crippen LogP contribution in [0.1, 0.15) is 31.7 Å². The molecule has 0 spiro atoms. The fourth-order valence-corrected chi connectivity index (χ4v) is 0.985. The molecular formula is C9H17N3O2. The second-order valence-corrected chi connectivity index (χ2v) is 3.75. The van der Waals surface area contributed by atoms with E-state index in [1.807, 2.05) is 13.8 Å². The highest BCUT2D eigenvalue weighted by Gasteiger charge is 2.16. The first-order valence-corrected chi connectivity index (χ1v) is 4.76. The summed E-state index contributed by atoms with van der Waals surface area (Å²) in [6.45, 7) is 6.70. The van der Waals surface area contributed by atoms with Gasteiger partial charge in [0.05, 0.1) is 5.60 Å². The summed E-state index contributed by atoms with van der Waals surface area (Å²) in [7, 11) is 0. The fraction of sp³-hybridized carbons (Fsp3) is 0.778. The van der Waals surface area contributed by atoms with E-state index in [0.29, 0.717) is 13.1 Å². The summed E-state index contributed by atoms with van der Waals surface area (Å²) in [5.41, 5.74) is 0.913. The van der Waals surface area contributed by atoms with Crippen molar-refractivity contribution in [1.82, 2.24) is 15.6 Å². The standard InChI is InChI=1S/C9H17N3O2/c1-4-9(3,13)6-10-5-8-7(2)11-14-12-8/h10,13H,4-6H2,1-3H3. The van der Waals surface area contributed by atoms with Crippen LogP contribution in [0.5, 0.6) is 0 Å². The first-order valence-electron chi connectivity index (χ1n) is 4.76. The molecule has 1 rings (SSSR count). The molecule has 0 bridgehead atoms. The van der Waals surface area contributed by atoms with Gasteiger partial charge in [0.15, 0.2) is 0 Å². The van der Waals surface area contributed by atoms with E-state index in [9.17, 15) is 5.11 Å². The van der Waals surface area contributed by atoms with Crippen LogP contribution in [0.2, 0.25) is 0 Å². The zero-order valence-corrected chi connectivity index (χ0v) is 8.87. The summed E-state index contributed by atoms with van der Waals surface area (Å²) in [5.74, 6) is 0. The monoisotopic (exact) mass is 199 g/mol. The van der Waals surface area contributed by atoms with Crippen molar-refractivity contribution in [3.63, 3.8) is 0 Å². The predicted molar refractivity (Wildman–Crippen MR) is 51.7 cm³/mol. The molecule has 1 atom stereocenters. The van der Waals surface area contributed by atoms with Crippen molar-refractivity contribution in [1.29, 1.82) is 0 Å². The maximum absolute atomic E-state index is 9.70. The number of hydrogen-bond acceptors (Lipinski definition) is 5. The molecule has 1 unspecified atom stereocenters. The van der Waals surface area contributed by atoms with E-state index in [2.05, 4.69) is 20.3 Å². The first-order chi connectivity index (χ1) is 6.55. The summed E-state index contributed by atoms with van der Waals surface area (Å²) < 4.78 is 4.55. The SMILES string of the molecule is CCC(C)(O)CNCc1nonc1C. The van der Waals surface area contributed by atoms with Crippen molar-refractivity contribution in [3.8, 4) is 0 Å². The molecule has 1 aromatic rings. The molecule has 0 aliphatic carbocycles. The van der Waals surface area contributed by atoms with Gasteiger partial charge in [-0.15, -0.1) is 0 Å². The molecule has 0 radical (unpaired) electrons. The fourth-order valence-electron chi connectivity index (χ4n) is 0.985. The molecule has 0 saturated heterocycles. The van der Waals surface area contributed by atoms with Crippen LogP contribution in [0.3, 0.4) is 0 Å². The smallest absolute Gasteiger partial charge is 0.121 e. The van der Waals surface area contributed by atoms with Gasteiger partial charge >= 0.3 is 0 Å². The molecule has 0 aliphatic heterocycles. The van der Waals surface area contributed by atoms with Crippen molar-refractivity contribution in [3.05, 3.63) is 11.4 Å². The highest BCUT2D eigenvalue weighted by molar-refractivity contribution is 5.03. The number of aromatic nitrogens is 2. The first kappa shape index (κ1) is 11.1.